The minimum atomic E-state index is 0.0167. The quantitative estimate of drug-likeness (QED) is 0.780. The van der Waals surface area contributed by atoms with Crippen LogP contribution in [0.1, 0.15) is 6.92 Å². The zero-order chi connectivity index (χ0) is 10.0. The van der Waals surface area contributed by atoms with Gasteiger partial charge in [-0.3, -0.25) is 4.79 Å². The first kappa shape index (κ1) is 10.7. The number of amides is 1. The summed E-state index contributed by atoms with van der Waals surface area (Å²) in [5, 5.41) is 0. The lowest BCUT2D eigenvalue weighted by molar-refractivity contribution is -0.116. The van der Waals surface area contributed by atoms with E-state index in [1.807, 2.05) is 18.2 Å². The van der Waals surface area contributed by atoms with Gasteiger partial charge in [0.15, 0.2) is 0 Å². The van der Waals surface area contributed by atoms with Gasteiger partial charge in [-0.1, -0.05) is 15.9 Å². The van der Waals surface area contributed by atoms with Gasteiger partial charge in [-0.2, -0.15) is 0 Å². The summed E-state index contributed by atoms with van der Waals surface area (Å²) in [6.45, 7) is 1.54. The standard InChI is InChI=1S/C9H9Br2NO/c1-6(13)12(2)9-4-3-7(10)5-8(9)11/h3-5H,1-2H3. The Morgan fingerprint density at radius 3 is 2.46 bits per heavy atom. The summed E-state index contributed by atoms with van der Waals surface area (Å²) in [7, 11) is 1.75. The van der Waals surface area contributed by atoms with Crippen LogP contribution in [0.25, 0.3) is 0 Å². The largest absolute Gasteiger partial charge is 0.315 e. The molecule has 0 fully saturated rings. The fourth-order valence-corrected chi connectivity index (χ4v) is 2.24. The van der Waals surface area contributed by atoms with Crippen LogP contribution in [-0.4, -0.2) is 13.0 Å². The van der Waals surface area contributed by atoms with E-state index in [4.69, 9.17) is 0 Å². The molecule has 0 atom stereocenters. The van der Waals surface area contributed by atoms with Crippen LogP contribution in [0.5, 0.6) is 0 Å². The predicted octanol–water partition coefficient (Wildman–Crippen LogP) is 3.19. The number of halogens is 2. The summed E-state index contributed by atoms with van der Waals surface area (Å²) in [5.41, 5.74) is 0.871. The number of benzene rings is 1. The average Bonchev–Trinajstić information content (AvgIpc) is 2.03. The molecule has 0 aromatic heterocycles. The number of nitrogens with zero attached hydrogens (tertiary/aromatic N) is 1. The highest BCUT2D eigenvalue weighted by atomic mass is 79.9. The normalized spacial score (nSPS) is 9.85. The molecule has 0 saturated carbocycles. The lowest BCUT2D eigenvalue weighted by atomic mass is 10.3. The number of anilines is 1. The molecular formula is C9H9Br2NO. The average molecular weight is 307 g/mol. The zero-order valence-corrected chi connectivity index (χ0v) is 10.5. The van der Waals surface area contributed by atoms with Gasteiger partial charge >= 0.3 is 0 Å². The fraction of sp³-hybridized carbons (Fsp3) is 0.222. The smallest absolute Gasteiger partial charge is 0.223 e. The van der Waals surface area contributed by atoms with E-state index in [-0.39, 0.29) is 5.91 Å². The van der Waals surface area contributed by atoms with Crippen LogP contribution in [0.2, 0.25) is 0 Å². The molecule has 1 rings (SSSR count). The van der Waals surface area contributed by atoms with E-state index in [1.54, 1.807) is 11.9 Å². The van der Waals surface area contributed by atoms with Gasteiger partial charge in [0.1, 0.15) is 0 Å². The number of carbonyl (C=O) groups excluding carboxylic acids is 1. The Kier molecular flexibility index (Phi) is 3.50. The first-order valence-electron chi connectivity index (χ1n) is 3.71. The minimum absolute atomic E-state index is 0.0167. The van der Waals surface area contributed by atoms with Crippen LogP contribution >= 0.6 is 31.9 Å². The second-order valence-electron chi connectivity index (χ2n) is 2.67. The van der Waals surface area contributed by atoms with Crippen molar-refractivity contribution in [3.8, 4) is 0 Å². The maximum absolute atomic E-state index is 11.1. The molecule has 0 aliphatic carbocycles. The first-order valence-corrected chi connectivity index (χ1v) is 5.30. The SMILES string of the molecule is CC(=O)N(C)c1ccc(Br)cc1Br. The van der Waals surface area contributed by atoms with E-state index < -0.39 is 0 Å². The Bertz CT molecular complexity index is 338. The van der Waals surface area contributed by atoms with Gasteiger partial charge in [-0.15, -0.1) is 0 Å². The van der Waals surface area contributed by atoms with Crippen molar-refractivity contribution in [3.05, 3.63) is 27.1 Å². The van der Waals surface area contributed by atoms with Crippen LogP contribution in [0.15, 0.2) is 27.1 Å². The van der Waals surface area contributed by atoms with Crippen LogP contribution < -0.4 is 4.90 Å². The van der Waals surface area contributed by atoms with Gasteiger partial charge in [0.05, 0.1) is 5.69 Å². The van der Waals surface area contributed by atoms with Crippen molar-refractivity contribution in [3.63, 3.8) is 0 Å². The minimum Gasteiger partial charge on any atom is -0.315 e. The lowest BCUT2D eigenvalue weighted by Gasteiger charge is -2.16. The van der Waals surface area contributed by atoms with Crippen molar-refractivity contribution < 1.29 is 4.79 Å². The predicted molar refractivity (Wildman–Crippen MR) is 60.9 cm³/mol. The number of hydrogen-bond donors (Lipinski definition) is 0. The monoisotopic (exact) mass is 305 g/mol. The third-order valence-electron chi connectivity index (χ3n) is 1.74. The van der Waals surface area contributed by atoms with Gasteiger partial charge in [0.25, 0.3) is 0 Å². The first-order chi connectivity index (χ1) is 6.02. The molecule has 0 radical (unpaired) electrons. The highest BCUT2D eigenvalue weighted by Crippen LogP contribution is 2.28. The molecule has 2 nitrogen and oxygen atoms in total. The van der Waals surface area contributed by atoms with E-state index in [2.05, 4.69) is 31.9 Å². The Morgan fingerprint density at radius 1 is 1.38 bits per heavy atom. The molecule has 0 unspecified atom stereocenters. The molecule has 0 aliphatic rings. The van der Waals surface area contributed by atoms with Gasteiger partial charge in [-0.05, 0) is 34.1 Å². The van der Waals surface area contributed by atoms with E-state index in [0.29, 0.717) is 0 Å². The molecule has 1 aromatic rings. The summed E-state index contributed by atoms with van der Waals surface area (Å²) in [5.74, 6) is 0.0167. The van der Waals surface area contributed by atoms with Crippen molar-refractivity contribution in [2.45, 2.75) is 6.92 Å². The van der Waals surface area contributed by atoms with Crippen LogP contribution in [0.3, 0.4) is 0 Å². The van der Waals surface area contributed by atoms with Gasteiger partial charge in [-0.25, -0.2) is 0 Å². The number of rotatable bonds is 1. The topological polar surface area (TPSA) is 20.3 Å². The van der Waals surface area contributed by atoms with Crippen LogP contribution in [0.4, 0.5) is 5.69 Å². The Morgan fingerprint density at radius 2 is 2.00 bits per heavy atom. The second kappa shape index (κ2) is 4.24. The van der Waals surface area contributed by atoms with Crippen molar-refractivity contribution in [1.82, 2.24) is 0 Å². The molecule has 0 bridgehead atoms. The molecule has 4 heteroatoms. The summed E-state index contributed by atoms with van der Waals surface area (Å²) in [6, 6.07) is 5.70. The Labute approximate surface area is 94.2 Å². The van der Waals surface area contributed by atoms with Crippen molar-refractivity contribution in [2.24, 2.45) is 0 Å². The summed E-state index contributed by atoms with van der Waals surface area (Å²) < 4.78 is 1.89. The van der Waals surface area contributed by atoms with E-state index in [1.165, 1.54) is 6.92 Å². The summed E-state index contributed by atoms with van der Waals surface area (Å²) in [4.78, 5) is 12.7. The molecule has 0 N–H and O–H groups in total. The molecular weight excluding hydrogens is 298 g/mol. The second-order valence-corrected chi connectivity index (χ2v) is 4.44. The Hall–Kier alpha value is -0.350. The molecule has 0 saturated heterocycles. The third kappa shape index (κ3) is 2.54. The zero-order valence-electron chi connectivity index (χ0n) is 7.34. The van der Waals surface area contributed by atoms with Gasteiger partial charge < -0.3 is 4.90 Å². The molecule has 0 heterocycles. The molecule has 13 heavy (non-hydrogen) atoms. The Balaban J connectivity index is 3.08. The molecule has 0 spiro atoms. The molecule has 0 aliphatic heterocycles. The van der Waals surface area contributed by atoms with Crippen LogP contribution in [-0.2, 0) is 4.79 Å². The summed E-state index contributed by atoms with van der Waals surface area (Å²) in [6.07, 6.45) is 0. The van der Waals surface area contributed by atoms with Crippen molar-refractivity contribution in [1.29, 1.82) is 0 Å². The maximum atomic E-state index is 11.1. The summed E-state index contributed by atoms with van der Waals surface area (Å²) >= 11 is 6.74. The van der Waals surface area contributed by atoms with Gasteiger partial charge in [0.2, 0.25) is 5.91 Å². The lowest BCUT2D eigenvalue weighted by Crippen LogP contribution is -2.23. The molecule has 1 amide bonds. The van der Waals surface area contributed by atoms with E-state index >= 15 is 0 Å². The molecule has 70 valence electrons. The highest BCUT2D eigenvalue weighted by molar-refractivity contribution is 9.11. The number of hydrogen-bond acceptors (Lipinski definition) is 1. The maximum Gasteiger partial charge on any atom is 0.223 e. The van der Waals surface area contributed by atoms with E-state index in [0.717, 1.165) is 14.6 Å². The van der Waals surface area contributed by atoms with E-state index in [9.17, 15) is 4.79 Å². The van der Waals surface area contributed by atoms with Crippen molar-refractivity contribution in [2.75, 3.05) is 11.9 Å². The highest BCUT2D eigenvalue weighted by Gasteiger charge is 2.08. The fourth-order valence-electron chi connectivity index (χ4n) is 0.923. The number of carbonyl (C=O) groups is 1. The molecule has 1 aromatic carbocycles. The third-order valence-corrected chi connectivity index (χ3v) is 2.87. The van der Waals surface area contributed by atoms with Crippen molar-refractivity contribution >= 4 is 43.5 Å². The van der Waals surface area contributed by atoms with Gasteiger partial charge in [0, 0.05) is 22.9 Å². The van der Waals surface area contributed by atoms with Crippen LogP contribution in [0, 0.1) is 0 Å².